The fraction of sp³-hybridized carbons (Fsp3) is 0.296. The summed E-state index contributed by atoms with van der Waals surface area (Å²) in [6.45, 7) is -0.413. The lowest BCUT2D eigenvalue weighted by Crippen LogP contribution is -2.38. The van der Waals surface area contributed by atoms with Gasteiger partial charge in [0.2, 0.25) is 0 Å². The Balaban J connectivity index is 1.40. The second kappa shape index (κ2) is 7.94. The first-order chi connectivity index (χ1) is 15.4. The smallest absolute Gasteiger partial charge is 0.163 e. The molecule has 5 rings (SSSR count). The first-order valence-corrected chi connectivity index (χ1v) is 10.9. The van der Waals surface area contributed by atoms with Crippen molar-refractivity contribution < 1.29 is 25.2 Å². The molecular weight excluding hydrogens is 404 g/mol. The number of aliphatic hydroxyl groups is 4. The molecule has 1 unspecified atom stereocenters. The molecule has 5 nitrogen and oxygen atoms in total. The summed E-state index contributed by atoms with van der Waals surface area (Å²) in [7, 11) is 0. The maximum absolute atomic E-state index is 12.8. The molecule has 0 saturated heterocycles. The Kier molecular flexibility index (Phi) is 5.22. The lowest BCUT2D eigenvalue weighted by molar-refractivity contribution is -0.0490. The third kappa shape index (κ3) is 3.48. The van der Waals surface area contributed by atoms with Gasteiger partial charge in [-0.15, -0.1) is 0 Å². The quantitative estimate of drug-likeness (QED) is 0.547. The van der Waals surface area contributed by atoms with Crippen LogP contribution in [0.25, 0.3) is 17.2 Å². The summed E-state index contributed by atoms with van der Waals surface area (Å²) in [6, 6.07) is 11.9. The molecule has 1 atom stereocenters. The molecule has 0 saturated carbocycles. The van der Waals surface area contributed by atoms with Gasteiger partial charge in [0.05, 0.1) is 19.1 Å². The number of fused-ring (bicyclic) bond motifs is 2. The number of aliphatic hydroxyl groups excluding tert-OH is 3. The molecule has 0 bridgehead atoms. The Hall–Kier alpha value is -2.83. The Morgan fingerprint density at radius 2 is 1.78 bits per heavy atom. The number of allylic oxidation sites excluding steroid dienone is 4. The highest BCUT2D eigenvalue weighted by Gasteiger charge is 2.38. The lowest BCUT2D eigenvalue weighted by Gasteiger charge is -2.34. The number of benzene rings is 2. The molecule has 3 aliphatic carbocycles. The first-order valence-electron chi connectivity index (χ1n) is 10.9. The maximum atomic E-state index is 12.8. The van der Waals surface area contributed by atoms with E-state index in [0.29, 0.717) is 12.0 Å². The normalized spacial score (nSPS) is 20.9. The molecule has 0 amide bonds. The third-order valence-corrected chi connectivity index (χ3v) is 7.01. The molecule has 0 radical (unpaired) electrons. The highest BCUT2D eigenvalue weighted by atomic mass is 16.5. The van der Waals surface area contributed by atoms with Crippen LogP contribution in [-0.4, -0.2) is 45.7 Å². The van der Waals surface area contributed by atoms with E-state index in [1.807, 2.05) is 42.5 Å². The molecular formula is C27H26O5. The second-order valence-corrected chi connectivity index (χ2v) is 9.14. The number of Topliss-reactive ketones (excluding diaryl/α,β-unsaturated/α-hetero) is 1. The summed E-state index contributed by atoms with van der Waals surface area (Å²) < 4.78 is 0. The van der Waals surface area contributed by atoms with Crippen molar-refractivity contribution in [3.8, 4) is 0 Å². The van der Waals surface area contributed by atoms with Gasteiger partial charge in [0.1, 0.15) is 0 Å². The van der Waals surface area contributed by atoms with Crippen molar-refractivity contribution >= 4 is 23.0 Å². The van der Waals surface area contributed by atoms with Crippen LogP contribution in [0.4, 0.5) is 0 Å². The average Bonchev–Trinajstić information content (AvgIpc) is 3.46. The van der Waals surface area contributed by atoms with Gasteiger partial charge in [-0.25, -0.2) is 0 Å². The van der Waals surface area contributed by atoms with Crippen LogP contribution in [0.5, 0.6) is 0 Å². The van der Waals surface area contributed by atoms with E-state index in [4.69, 9.17) is 0 Å². The van der Waals surface area contributed by atoms with E-state index in [-0.39, 0.29) is 31.3 Å². The van der Waals surface area contributed by atoms with Gasteiger partial charge in [0.25, 0.3) is 0 Å². The van der Waals surface area contributed by atoms with E-state index in [0.717, 1.165) is 39.8 Å². The van der Waals surface area contributed by atoms with Crippen LogP contribution in [-0.2, 0) is 6.42 Å². The standard InChI is InChI=1S/C27H26O5/c28-14-27(15-29)12-21-4-3-19(11-24(21)25(30)13-27)17-2-1-16(9-17)18-5-7-22-20(10-18)6-8-23(22)26(31)32/h2-11,23,26,28-29,31-32H,1,12-15H2. The minimum atomic E-state index is -1.40. The summed E-state index contributed by atoms with van der Waals surface area (Å²) in [4.78, 5) is 12.8. The van der Waals surface area contributed by atoms with Gasteiger partial charge in [-0.05, 0) is 63.9 Å². The van der Waals surface area contributed by atoms with E-state index in [2.05, 4.69) is 18.2 Å². The zero-order chi connectivity index (χ0) is 22.5. The van der Waals surface area contributed by atoms with Gasteiger partial charge in [-0.2, -0.15) is 0 Å². The van der Waals surface area contributed by atoms with Crippen molar-refractivity contribution in [3.05, 3.63) is 88.0 Å². The minimum Gasteiger partial charge on any atom is -0.396 e. The van der Waals surface area contributed by atoms with Gasteiger partial charge < -0.3 is 20.4 Å². The van der Waals surface area contributed by atoms with E-state index in [9.17, 15) is 25.2 Å². The first kappa shape index (κ1) is 21.0. The fourth-order valence-corrected chi connectivity index (χ4v) is 5.07. The topological polar surface area (TPSA) is 98.0 Å². The molecule has 32 heavy (non-hydrogen) atoms. The SMILES string of the molecule is O=C1CC(CO)(CO)Cc2ccc(C3=CCC(c4ccc5c(c4)C=CC5C(O)O)=C3)cc21. The highest BCUT2D eigenvalue weighted by Crippen LogP contribution is 2.39. The van der Waals surface area contributed by atoms with Crippen molar-refractivity contribution in [1.82, 2.24) is 0 Å². The monoisotopic (exact) mass is 430 g/mol. The minimum absolute atomic E-state index is 0.0370. The van der Waals surface area contributed by atoms with Crippen LogP contribution in [0.15, 0.2) is 54.6 Å². The van der Waals surface area contributed by atoms with Crippen molar-refractivity contribution in [2.75, 3.05) is 13.2 Å². The van der Waals surface area contributed by atoms with Crippen molar-refractivity contribution in [3.63, 3.8) is 0 Å². The maximum Gasteiger partial charge on any atom is 0.163 e. The van der Waals surface area contributed by atoms with Crippen LogP contribution < -0.4 is 0 Å². The molecule has 5 heteroatoms. The van der Waals surface area contributed by atoms with Crippen LogP contribution in [0.3, 0.4) is 0 Å². The number of hydrogen-bond acceptors (Lipinski definition) is 5. The Labute approximate surface area is 186 Å². The molecule has 0 aliphatic heterocycles. The molecule has 4 N–H and O–H groups in total. The van der Waals surface area contributed by atoms with Crippen molar-refractivity contribution in [2.45, 2.75) is 31.5 Å². The summed E-state index contributed by atoms with van der Waals surface area (Å²) in [5.41, 5.74) is 7.04. The summed E-state index contributed by atoms with van der Waals surface area (Å²) in [5.74, 6) is -0.418. The molecule has 3 aliphatic rings. The molecule has 0 heterocycles. The largest absolute Gasteiger partial charge is 0.396 e. The van der Waals surface area contributed by atoms with Gasteiger partial charge in [-0.1, -0.05) is 48.6 Å². The molecule has 0 fully saturated rings. The summed E-state index contributed by atoms with van der Waals surface area (Å²) >= 11 is 0. The number of ketones is 1. The predicted octanol–water partition coefficient (Wildman–Crippen LogP) is 3.08. The van der Waals surface area contributed by atoms with Crippen LogP contribution in [0.1, 0.15) is 56.9 Å². The van der Waals surface area contributed by atoms with Gasteiger partial charge >= 0.3 is 0 Å². The van der Waals surface area contributed by atoms with Crippen molar-refractivity contribution in [2.24, 2.45) is 5.41 Å². The number of carbonyl (C=O) groups excluding carboxylic acids is 1. The molecule has 0 aromatic heterocycles. The molecule has 2 aromatic carbocycles. The average molecular weight is 431 g/mol. The zero-order valence-corrected chi connectivity index (χ0v) is 17.7. The van der Waals surface area contributed by atoms with Crippen LogP contribution >= 0.6 is 0 Å². The van der Waals surface area contributed by atoms with Gasteiger partial charge in [-0.3, -0.25) is 4.79 Å². The predicted molar refractivity (Wildman–Crippen MR) is 123 cm³/mol. The summed E-state index contributed by atoms with van der Waals surface area (Å²) in [5, 5.41) is 38.5. The Bertz CT molecular complexity index is 1180. The number of rotatable bonds is 5. The number of carbonyl (C=O) groups is 1. The Morgan fingerprint density at radius 1 is 1.00 bits per heavy atom. The van der Waals surface area contributed by atoms with Crippen molar-refractivity contribution in [1.29, 1.82) is 0 Å². The van der Waals surface area contributed by atoms with Gasteiger partial charge in [0, 0.05) is 17.4 Å². The summed E-state index contributed by atoms with van der Waals surface area (Å²) in [6.07, 6.45) is 8.07. The third-order valence-electron chi connectivity index (χ3n) is 7.01. The second-order valence-electron chi connectivity index (χ2n) is 9.14. The molecule has 2 aromatic rings. The van der Waals surface area contributed by atoms with E-state index < -0.39 is 11.7 Å². The Morgan fingerprint density at radius 3 is 2.53 bits per heavy atom. The lowest BCUT2D eigenvalue weighted by atomic mass is 9.71. The van der Waals surface area contributed by atoms with E-state index >= 15 is 0 Å². The van der Waals surface area contributed by atoms with Crippen LogP contribution in [0, 0.1) is 5.41 Å². The van der Waals surface area contributed by atoms with Crippen LogP contribution in [0.2, 0.25) is 0 Å². The zero-order valence-electron chi connectivity index (χ0n) is 17.7. The van der Waals surface area contributed by atoms with E-state index in [1.54, 1.807) is 0 Å². The molecule has 0 spiro atoms. The highest BCUT2D eigenvalue weighted by molar-refractivity contribution is 6.01. The van der Waals surface area contributed by atoms with Gasteiger partial charge in [0.15, 0.2) is 12.1 Å². The van der Waals surface area contributed by atoms with E-state index in [1.165, 1.54) is 5.57 Å². The fourth-order valence-electron chi connectivity index (χ4n) is 5.07. The molecule has 164 valence electrons. The number of hydrogen-bond donors (Lipinski definition) is 4.